The number of nitrogens with zero attached hydrogens (tertiary/aromatic N) is 2. The van der Waals surface area contributed by atoms with Crippen molar-refractivity contribution < 1.29 is 0 Å². The third-order valence-electron chi connectivity index (χ3n) is 2.27. The van der Waals surface area contributed by atoms with Crippen molar-refractivity contribution in [1.29, 1.82) is 5.26 Å². The van der Waals surface area contributed by atoms with Crippen molar-refractivity contribution in [1.82, 2.24) is 4.98 Å². The Balaban J connectivity index is 3.14. The van der Waals surface area contributed by atoms with Crippen LogP contribution in [-0.4, -0.2) is 4.98 Å². The van der Waals surface area contributed by atoms with Crippen molar-refractivity contribution in [2.45, 2.75) is 12.8 Å². The zero-order valence-electron chi connectivity index (χ0n) is 9.39. The summed E-state index contributed by atoms with van der Waals surface area (Å²) in [5.74, 6) is -0.545. The predicted molar refractivity (Wildman–Crippen MR) is 67.6 cm³/mol. The Morgan fingerprint density at radius 3 is 2.76 bits per heavy atom. The number of hydrogen-bond acceptors (Lipinski definition) is 4. The van der Waals surface area contributed by atoms with Crippen molar-refractivity contribution in [3.63, 3.8) is 0 Å². The Morgan fingerprint density at radius 2 is 2.29 bits per heavy atom. The fourth-order valence-corrected chi connectivity index (χ4v) is 1.55. The summed E-state index contributed by atoms with van der Waals surface area (Å²) in [6, 6.07) is 5.69. The van der Waals surface area contributed by atoms with Crippen molar-refractivity contribution in [3.05, 3.63) is 52.6 Å². The molecule has 0 saturated carbocycles. The van der Waals surface area contributed by atoms with E-state index in [2.05, 4.69) is 11.1 Å². The number of aromatic nitrogens is 1. The van der Waals surface area contributed by atoms with Crippen LogP contribution in [0.1, 0.15) is 18.4 Å². The van der Waals surface area contributed by atoms with Crippen LogP contribution in [0.25, 0.3) is 0 Å². The van der Waals surface area contributed by atoms with E-state index >= 15 is 0 Å². The second kappa shape index (κ2) is 5.92. The molecule has 0 saturated heterocycles. The first kappa shape index (κ1) is 13.1. The van der Waals surface area contributed by atoms with Gasteiger partial charge in [0.05, 0.1) is 11.2 Å². The first-order chi connectivity index (χ1) is 8.06. The topological polar surface area (TPSA) is 88.7 Å². The summed E-state index contributed by atoms with van der Waals surface area (Å²) in [5, 5.41) is 9.29. The number of rotatable bonds is 3. The van der Waals surface area contributed by atoms with E-state index in [1.54, 1.807) is 31.5 Å². The lowest BCUT2D eigenvalue weighted by Crippen LogP contribution is -2.11. The molecule has 1 atom stereocenters. The summed E-state index contributed by atoms with van der Waals surface area (Å²) in [4.78, 5) is 3.96. The van der Waals surface area contributed by atoms with Crippen LogP contribution in [-0.2, 0) is 0 Å². The molecule has 0 spiro atoms. The highest BCUT2D eigenvalue weighted by molar-refractivity contribution is 6.29. The molecule has 0 amide bonds. The summed E-state index contributed by atoms with van der Waals surface area (Å²) >= 11 is 5.56. The smallest absolute Gasteiger partial charge is 0.112 e. The monoisotopic (exact) mass is 248 g/mol. The van der Waals surface area contributed by atoms with E-state index in [9.17, 15) is 0 Å². The fourth-order valence-electron chi connectivity index (χ4n) is 1.39. The van der Waals surface area contributed by atoms with Crippen molar-refractivity contribution in [2.75, 3.05) is 0 Å². The molecule has 1 unspecified atom stereocenters. The maximum absolute atomic E-state index is 9.16. The molecule has 17 heavy (non-hydrogen) atoms. The molecular weight excluding hydrogens is 236 g/mol. The van der Waals surface area contributed by atoms with Crippen LogP contribution < -0.4 is 11.5 Å². The maximum Gasteiger partial charge on any atom is 0.112 e. The second-order valence-corrected chi connectivity index (χ2v) is 3.95. The Kier molecular flexibility index (Phi) is 4.56. The van der Waals surface area contributed by atoms with Crippen LogP contribution in [0.3, 0.4) is 0 Å². The van der Waals surface area contributed by atoms with Gasteiger partial charge < -0.3 is 11.5 Å². The zero-order valence-corrected chi connectivity index (χ0v) is 10.1. The quantitative estimate of drug-likeness (QED) is 0.632. The average Bonchev–Trinajstić information content (AvgIpc) is 2.30. The molecule has 1 rings (SSSR count). The molecule has 4 N–H and O–H groups in total. The van der Waals surface area contributed by atoms with Crippen LogP contribution >= 0.6 is 11.6 Å². The summed E-state index contributed by atoms with van der Waals surface area (Å²) in [6.07, 6.45) is 4.78. The lowest BCUT2D eigenvalue weighted by atomic mass is 9.96. The number of pyridine rings is 1. The minimum atomic E-state index is -0.545. The predicted octanol–water partition coefficient (Wildman–Crippen LogP) is 1.96. The van der Waals surface area contributed by atoms with Crippen LogP contribution in [0, 0.1) is 11.3 Å². The van der Waals surface area contributed by atoms with Gasteiger partial charge in [0.1, 0.15) is 5.92 Å². The fraction of sp³-hybridized carbons (Fsp3) is 0.167. The minimum Gasteiger partial charge on any atom is -0.400 e. The van der Waals surface area contributed by atoms with Gasteiger partial charge in [-0.2, -0.15) is 5.26 Å². The molecule has 88 valence electrons. The summed E-state index contributed by atoms with van der Waals surface area (Å²) in [6.45, 7) is 1.76. The Morgan fingerprint density at radius 1 is 1.59 bits per heavy atom. The van der Waals surface area contributed by atoms with Gasteiger partial charge >= 0.3 is 0 Å². The van der Waals surface area contributed by atoms with E-state index in [1.165, 1.54) is 6.08 Å². The van der Waals surface area contributed by atoms with Crippen molar-refractivity contribution >= 4 is 11.6 Å². The van der Waals surface area contributed by atoms with E-state index in [-0.39, 0.29) is 5.16 Å². The summed E-state index contributed by atoms with van der Waals surface area (Å²) < 4.78 is 0. The third kappa shape index (κ3) is 3.51. The zero-order chi connectivity index (χ0) is 12.8. The number of nitrogens with two attached hydrogens (primary N) is 2. The van der Waals surface area contributed by atoms with Gasteiger partial charge in [0, 0.05) is 18.1 Å². The molecule has 0 aromatic carbocycles. The van der Waals surface area contributed by atoms with Gasteiger partial charge in [-0.3, -0.25) is 4.98 Å². The van der Waals surface area contributed by atoms with Crippen molar-refractivity contribution in [3.8, 4) is 6.07 Å². The van der Waals surface area contributed by atoms with Gasteiger partial charge in [0.25, 0.3) is 0 Å². The van der Waals surface area contributed by atoms with Crippen molar-refractivity contribution in [2.24, 2.45) is 11.5 Å². The second-order valence-electron chi connectivity index (χ2n) is 3.52. The molecule has 1 aromatic heterocycles. The SMILES string of the molecule is CC(/C=C(\N)Cl)=C(/N)C(C#N)c1cccnc1. The molecule has 0 aliphatic carbocycles. The third-order valence-corrected chi connectivity index (χ3v) is 2.38. The van der Waals surface area contributed by atoms with E-state index in [0.29, 0.717) is 11.3 Å². The lowest BCUT2D eigenvalue weighted by molar-refractivity contribution is 0.949. The number of hydrogen-bond donors (Lipinski definition) is 2. The van der Waals surface area contributed by atoms with Gasteiger partial charge in [0.2, 0.25) is 0 Å². The lowest BCUT2D eigenvalue weighted by Gasteiger charge is -2.11. The molecule has 0 aliphatic heterocycles. The van der Waals surface area contributed by atoms with Gasteiger partial charge in [-0.05, 0) is 30.2 Å². The van der Waals surface area contributed by atoms with Crippen LogP contribution in [0.5, 0.6) is 0 Å². The van der Waals surface area contributed by atoms with Crippen LogP contribution in [0.4, 0.5) is 0 Å². The first-order valence-electron chi connectivity index (χ1n) is 4.94. The maximum atomic E-state index is 9.16. The summed E-state index contributed by atoms with van der Waals surface area (Å²) in [5.41, 5.74) is 13.1. The molecule has 0 aliphatic rings. The minimum absolute atomic E-state index is 0.133. The number of nitriles is 1. The molecule has 0 bridgehead atoms. The normalized spacial score (nSPS) is 14.8. The molecule has 4 nitrogen and oxygen atoms in total. The number of halogens is 1. The van der Waals surface area contributed by atoms with Gasteiger partial charge in [-0.15, -0.1) is 0 Å². The van der Waals surface area contributed by atoms with E-state index in [1.807, 2.05) is 0 Å². The van der Waals surface area contributed by atoms with E-state index in [0.717, 1.165) is 5.56 Å². The molecule has 0 fully saturated rings. The Labute approximate surface area is 105 Å². The Hall–Kier alpha value is -1.99. The van der Waals surface area contributed by atoms with E-state index in [4.69, 9.17) is 28.3 Å². The highest BCUT2D eigenvalue weighted by atomic mass is 35.5. The first-order valence-corrected chi connectivity index (χ1v) is 5.32. The molecular formula is C12H13ClN4. The summed E-state index contributed by atoms with van der Waals surface area (Å²) in [7, 11) is 0. The average molecular weight is 249 g/mol. The molecule has 0 radical (unpaired) electrons. The standard InChI is InChI=1S/C12H13ClN4/c1-8(5-11(13)15)12(16)10(6-14)9-3-2-4-17-7-9/h2-5,7,10H,15-16H2,1H3/b11-5-,12-8-. The van der Waals surface area contributed by atoms with E-state index < -0.39 is 5.92 Å². The number of allylic oxidation sites excluding steroid dienone is 3. The van der Waals surface area contributed by atoms with Crippen LogP contribution in [0.2, 0.25) is 0 Å². The van der Waals surface area contributed by atoms with Gasteiger partial charge in [-0.25, -0.2) is 0 Å². The molecule has 1 heterocycles. The molecule has 5 heteroatoms. The highest BCUT2D eigenvalue weighted by Crippen LogP contribution is 2.22. The van der Waals surface area contributed by atoms with Crippen LogP contribution in [0.15, 0.2) is 47.0 Å². The largest absolute Gasteiger partial charge is 0.400 e. The molecule has 1 aromatic rings. The van der Waals surface area contributed by atoms with Gasteiger partial charge in [-0.1, -0.05) is 17.7 Å². The Bertz CT molecular complexity index is 481. The van der Waals surface area contributed by atoms with Gasteiger partial charge in [0.15, 0.2) is 0 Å². The highest BCUT2D eigenvalue weighted by Gasteiger charge is 2.15.